The maximum absolute atomic E-state index is 12.4. The quantitative estimate of drug-likeness (QED) is 0.693. The van der Waals surface area contributed by atoms with Crippen molar-refractivity contribution in [3.05, 3.63) is 0 Å². The van der Waals surface area contributed by atoms with Gasteiger partial charge in [0.2, 0.25) is 5.91 Å². The lowest BCUT2D eigenvalue weighted by molar-refractivity contribution is -0.139. The van der Waals surface area contributed by atoms with Crippen LogP contribution in [0.25, 0.3) is 0 Å². The van der Waals surface area contributed by atoms with Gasteiger partial charge in [-0.1, -0.05) is 0 Å². The molecule has 0 aliphatic heterocycles. The van der Waals surface area contributed by atoms with Crippen molar-refractivity contribution in [2.45, 2.75) is 44.6 Å². The number of nitrogens with zero attached hydrogens (tertiary/aromatic N) is 1. The van der Waals surface area contributed by atoms with Crippen LogP contribution in [0.1, 0.15) is 38.5 Å². The minimum Gasteiger partial charge on any atom is -0.338 e. The monoisotopic (exact) mass is 241 g/mol. The van der Waals surface area contributed by atoms with Crippen molar-refractivity contribution < 1.29 is 4.79 Å². The van der Waals surface area contributed by atoms with Crippen LogP contribution in [-0.4, -0.2) is 29.3 Å². The first-order valence-electron chi connectivity index (χ1n) is 6.66. The van der Waals surface area contributed by atoms with Crippen molar-refractivity contribution in [2.75, 3.05) is 12.4 Å². The maximum atomic E-state index is 12.4. The summed E-state index contributed by atoms with van der Waals surface area (Å²) >= 11 is 5.82. The van der Waals surface area contributed by atoms with E-state index in [0.29, 0.717) is 23.7 Å². The molecule has 3 aliphatic carbocycles. The van der Waals surface area contributed by atoms with E-state index in [1.54, 1.807) is 0 Å². The van der Waals surface area contributed by atoms with Gasteiger partial charge in [0.05, 0.1) is 0 Å². The molecular formula is C13H20ClNO. The van der Waals surface area contributed by atoms with Crippen LogP contribution in [0.15, 0.2) is 0 Å². The molecule has 3 rings (SSSR count). The van der Waals surface area contributed by atoms with E-state index in [0.717, 1.165) is 31.2 Å². The summed E-state index contributed by atoms with van der Waals surface area (Å²) in [5.41, 5.74) is 0. The number of carbonyl (C=O) groups excluding carboxylic acids is 1. The molecule has 3 fully saturated rings. The van der Waals surface area contributed by atoms with Gasteiger partial charge in [-0.3, -0.25) is 4.79 Å². The van der Waals surface area contributed by atoms with Crippen LogP contribution in [0.4, 0.5) is 0 Å². The van der Waals surface area contributed by atoms with Crippen molar-refractivity contribution in [1.82, 2.24) is 4.90 Å². The Hall–Kier alpha value is -0.240. The number of hydrogen-bond acceptors (Lipinski definition) is 1. The molecule has 0 spiro atoms. The van der Waals surface area contributed by atoms with Gasteiger partial charge in [0.1, 0.15) is 0 Å². The predicted molar refractivity (Wildman–Crippen MR) is 64.4 cm³/mol. The van der Waals surface area contributed by atoms with E-state index in [9.17, 15) is 4.79 Å². The van der Waals surface area contributed by atoms with Crippen LogP contribution in [0.3, 0.4) is 0 Å². The molecule has 3 aliphatic rings. The van der Waals surface area contributed by atoms with Crippen molar-refractivity contribution in [3.63, 3.8) is 0 Å². The highest BCUT2D eigenvalue weighted by atomic mass is 35.5. The van der Waals surface area contributed by atoms with Gasteiger partial charge in [-0.05, 0) is 50.4 Å². The lowest BCUT2D eigenvalue weighted by Gasteiger charge is -2.38. The number of halogens is 1. The van der Waals surface area contributed by atoms with E-state index in [1.165, 1.54) is 25.7 Å². The summed E-state index contributed by atoms with van der Waals surface area (Å²) in [5.74, 6) is 3.13. The Morgan fingerprint density at radius 3 is 2.38 bits per heavy atom. The van der Waals surface area contributed by atoms with Gasteiger partial charge < -0.3 is 4.90 Å². The standard InChI is InChI=1S/C13H20ClNO/c14-4-5-15(12-2-1-3-12)13(16)11-7-9-6-10(9)8-11/h9-12H,1-8H2. The summed E-state index contributed by atoms with van der Waals surface area (Å²) in [6, 6.07) is 0.517. The largest absolute Gasteiger partial charge is 0.338 e. The molecule has 0 heterocycles. The first-order chi connectivity index (χ1) is 7.79. The average molecular weight is 242 g/mol. The lowest BCUT2D eigenvalue weighted by Crippen LogP contribution is -2.47. The summed E-state index contributed by atoms with van der Waals surface area (Å²) < 4.78 is 0. The van der Waals surface area contributed by atoms with Crippen LogP contribution in [0.2, 0.25) is 0 Å². The van der Waals surface area contributed by atoms with Gasteiger partial charge in [-0.2, -0.15) is 0 Å². The summed E-state index contributed by atoms with van der Waals surface area (Å²) in [6.07, 6.45) is 7.39. The molecule has 0 N–H and O–H groups in total. The Balaban J connectivity index is 1.61. The summed E-state index contributed by atoms with van der Waals surface area (Å²) in [7, 11) is 0. The molecule has 1 amide bonds. The normalized spacial score (nSPS) is 36.7. The Kier molecular flexibility index (Phi) is 2.87. The molecule has 16 heavy (non-hydrogen) atoms. The van der Waals surface area contributed by atoms with E-state index in [1.807, 2.05) is 0 Å². The number of fused-ring (bicyclic) bond motifs is 1. The molecule has 2 nitrogen and oxygen atoms in total. The Morgan fingerprint density at radius 1 is 1.19 bits per heavy atom. The first-order valence-corrected chi connectivity index (χ1v) is 7.19. The van der Waals surface area contributed by atoms with Crippen LogP contribution in [-0.2, 0) is 4.79 Å². The van der Waals surface area contributed by atoms with Crippen LogP contribution >= 0.6 is 11.6 Å². The van der Waals surface area contributed by atoms with Crippen LogP contribution < -0.4 is 0 Å². The molecule has 0 aromatic carbocycles. The van der Waals surface area contributed by atoms with Crippen molar-refractivity contribution in [1.29, 1.82) is 0 Å². The summed E-state index contributed by atoms with van der Waals surface area (Å²) in [6.45, 7) is 0.761. The van der Waals surface area contributed by atoms with E-state index in [2.05, 4.69) is 4.90 Å². The topological polar surface area (TPSA) is 20.3 Å². The zero-order valence-electron chi connectivity index (χ0n) is 9.70. The second-order valence-corrected chi connectivity index (χ2v) is 6.11. The third-order valence-electron chi connectivity index (χ3n) is 4.72. The second-order valence-electron chi connectivity index (χ2n) is 5.73. The van der Waals surface area contributed by atoms with Gasteiger partial charge >= 0.3 is 0 Å². The Morgan fingerprint density at radius 2 is 1.88 bits per heavy atom. The molecule has 2 unspecified atom stereocenters. The molecule has 0 bridgehead atoms. The second kappa shape index (κ2) is 4.21. The Labute approximate surface area is 102 Å². The molecule has 3 heteroatoms. The van der Waals surface area contributed by atoms with E-state index >= 15 is 0 Å². The lowest BCUT2D eigenvalue weighted by atomic mass is 9.90. The van der Waals surface area contributed by atoms with Crippen molar-refractivity contribution in [3.8, 4) is 0 Å². The van der Waals surface area contributed by atoms with E-state index in [-0.39, 0.29) is 0 Å². The van der Waals surface area contributed by atoms with E-state index in [4.69, 9.17) is 11.6 Å². The molecular weight excluding hydrogens is 222 g/mol. The van der Waals surface area contributed by atoms with Gasteiger partial charge in [-0.25, -0.2) is 0 Å². The third-order valence-corrected chi connectivity index (χ3v) is 4.89. The number of carbonyl (C=O) groups is 1. The van der Waals surface area contributed by atoms with Crippen LogP contribution in [0, 0.1) is 17.8 Å². The highest BCUT2D eigenvalue weighted by molar-refractivity contribution is 6.18. The highest BCUT2D eigenvalue weighted by Gasteiger charge is 2.49. The van der Waals surface area contributed by atoms with Gasteiger partial charge in [-0.15, -0.1) is 11.6 Å². The fourth-order valence-corrected chi connectivity index (χ4v) is 3.60. The summed E-state index contributed by atoms with van der Waals surface area (Å²) in [5, 5.41) is 0. The number of amides is 1. The Bertz CT molecular complexity index is 280. The highest BCUT2D eigenvalue weighted by Crippen LogP contribution is 2.54. The van der Waals surface area contributed by atoms with Crippen molar-refractivity contribution >= 4 is 17.5 Å². The zero-order valence-corrected chi connectivity index (χ0v) is 10.5. The third kappa shape index (κ3) is 1.85. The zero-order chi connectivity index (χ0) is 11.1. The van der Waals surface area contributed by atoms with Gasteiger partial charge in [0.25, 0.3) is 0 Å². The average Bonchev–Trinajstić information content (AvgIpc) is 2.82. The molecule has 0 aromatic heterocycles. The molecule has 0 radical (unpaired) electrons. The fourth-order valence-electron chi connectivity index (χ4n) is 3.41. The fraction of sp³-hybridized carbons (Fsp3) is 0.923. The first kappa shape index (κ1) is 10.9. The molecule has 2 atom stereocenters. The van der Waals surface area contributed by atoms with Crippen LogP contribution in [0.5, 0.6) is 0 Å². The number of hydrogen-bond donors (Lipinski definition) is 0. The minimum atomic E-state index is 0.340. The molecule has 90 valence electrons. The maximum Gasteiger partial charge on any atom is 0.225 e. The van der Waals surface area contributed by atoms with Gasteiger partial charge in [0, 0.05) is 24.4 Å². The van der Waals surface area contributed by atoms with Crippen molar-refractivity contribution in [2.24, 2.45) is 17.8 Å². The molecule has 0 saturated heterocycles. The minimum absolute atomic E-state index is 0.340. The SMILES string of the molecule is O=C(C1CC2CC2C1)N(CCCl)C1CCC1. The smallest absolute Gasteiger partial charge is 0.225 e. The molecule has 0 aromatic rings. The van der Waals surface area contributed by atoms with E-state index < -0.39 is 0 Å². The predicted octanol–water partition coefficient (Wildman–Crippen LogP) is 2.65. The summed E-state index contributed by atoms with van der Waals surface area (Å²) in [4.78, 5) is 14.5. The number of rotatable bonds is 4. The van der Waals surface area contributed by atoms with Gasteiger partial charge in [0.15, 0.2) is 0 Å². The molecule has 3 saturated carbocycles. The number of alkyl halides is 1.